The smallest absolute Gasteiger partial charge is 0.264 e. The molecule has 3 rings (SSSR count). The first-order valence-electron chi connectivity index (χ1n) is 8.16. The highest BCUT2D eigenvalue weighted by atomic mass is 32.2. The maximum Gasteiger partial charge on any atom is 0.264 e. The molecule has 0 spiro atoms. The molecule has 1 aliphatic heterocycles. The zero-order valence-electron chi connectivity index (χ0n) is 14.2. The summed E-state index contributed by atoms with van der Waals surface area (Å²) >= 11 is 0. The van der Waals surface area contributed by atoms with E-state index in [1.807, 2.05) is 0 Å². The molecule has 0 aliphatic carbocycles. The Morgan fingerprint density at radius 2 is 1.77 bits per heavy atom. The van der Waals surface area contributed by atoms with Gasteiger partial charge in [0, 0.05) is 30.4 Å². The first-order valence-corrected chi connectivity index (χ1v) is 9.65. The van der Waals surface area contributed by atoms with Crippen molar-refractivity contribution in [3.05, 3.63) is 53.8 Å². The van der Waals surface area contributed by atoms with E-state index in [1.165, 1.54) is 25.3 Å². The van der Waals surface area contributed by atoms with Crippen LogP contribution >= 0.6 is 0 Å². The summed E-state index contributed by atoms with van der Waals surface area (Å²) in [5.41, 5.74) is 0.740. The Morgan fingerprint density at radius 1 is 1.12 bits per heavy atom. The molecule has 1 saturated heterocycles. The molecule has 1 amide bonds. The topological polar surface area (TPSA) is 75.7 Å². The molecule has 0 unspecified atom stereocenters. The molecule has 0 atom stereocenters. The van der Waals surface area contributed by atoms with Crippen molar-refractivity contribution in [1.82, 2.24) is 4.90 Å². The highest BCUT2D eigenvalue weighted by molar-refractivity contribution is 7.92. The number of benzene rings is 2. The number of carbonyl (C=O) groups is 1. The molecular weight excluding hydrogens is 359 g/mol. The van der Waals surface area contributed by atoms with Crippen LogP contribution in [0, 0.1) is 5.82 Å². The number of nitrogens with one attached hydrogen (secondary N) is 1. The molecule has 1 aliphatic rings. The van der Waals surface area contributed by atoms with Crippen LogP contribution in [0.15, 0.2) is 47.4 Å². The normalized spacial score (nSPS) is 14.3. The second kappa shape index (κ2) is 7.33. The number of sulfonamides is 1. The first kappa shape index (κ1) is 18.2. The first-order chi connectivity index (χ1) is 12.4. The van der Waals surface area contributed by atoms with Crippen molar-refractivity contribution in [2.75, 3.05) is 24.9 Å². The number of likely N-dealkylation sites (tertiary alicyclic amines) is 1. The van der Waals surface area contributed by atoms with Crippen LogP contribution in [-0.2, 0) is 10.0 Å². The van der Waals surface area contributed by atoms with Crippen LogP contribution in [0.1, 0.15) is 23.2 Å². The average molecular weight is 378 g/mol. The van der Waals surface area contributed by atoms with Gasteiger partial charge in [-0.15, -0.1) is 0 Å². The van der Waals surface area contributed by atoms with Crippen molar-refractivity contribution in [2.45, 2.75) is 17.7 Å². The van der Waals surface area contributed by atoms with Gasteiger partial charge in [-0.1, -0.05) is 0 Å². The third kappa shape index (κ3) is 3.80. The number of rotatable bonds is 5. The Hall–Kier alpha value is -2.61. The number of hydrogen-bond donors (Lipinski definition) is 1. The van der Waals surface area contributed by atoms with Gasteiger partial charge in [-0.2, -0.15) is 0 Å². The number of carbonyl (C=O) groups excluding carboxylic acids is 1. The van der Waals surface area contributed by atoms with Crippen LogP contribution in [0.3, 0.4) is 0 Å². The van der Waals surface area contributed by atoms with Gasteiger partial charge >= 0.3 is 0 Å². The minimum atomic E-state index is -4.09. The van der Waals surface area contributed by atoms with Crippen molar-refractivity contribution >= 4 is 21.6 Å². The highest BCUT2D eigenvalue weighted by Gasteiger charge is 2.21. The van der Waals surface area contributed by atoms with E-state index in [9.17, 15) is 17.6 Å². The van der Waals surface area contributed by atoms with Gasteiger partial charge in [0.2, 0.25) is 0 Å². The fraction of sp³-hybridized carbons (Fsp3) is 0.278. The molecule has 0 aromatic heterocycles. The Labute approximate surface area is 151 Å². The molecule has 8 heteroatoms. The molecule has 2 aromatic rings. The number of halogens is 1. The average Bonchev–Trinajstić information content (AvgIpc) is 3.15. The predicted octanol–water partition coefficient (Wildman–Crippen LogP) is 2.87. The minimum absolute atomic E-state index is 0.0712. The maximum absolute atomic E-state index is 14.0. The molecule has 2 aromatic carbocycles. The minimum Gasteiger partial charge on any atom is -0.497 e. The van der Waals surface area contributed by atoms with Crippen molar-refractivity contribution in [2.24, 2.45) is 0 Å². The van der Waals surface area contributed by atoms with E-state index in [2.05, 4.69) is 4.72 Å². The molecule has 6 nitrogen and oxygen atoms in total. The Kier molecular flexibility index (Phi) is 5.13. The summed E-state index contributed by atoms with van der Waals surface area (Å²) in [5.74, 6) is -0.748. The monoisotopic (exact) mass is 378 g/mol. The molecule has 1 heterocycles. The van der Waals surface area contributed by atoms with E-state index in [0.29, 0.717) is 5.56 Å². The lowest BCUT2D eigenvalue weighted by Crippen LogP contribution is -2.27. The van der Waals surface area contributed by atoms with Crippen molar-refractivity contribution in [3.8, 4) is 5.75 Å². The summed E-state index contributed by atoms with van der Waals surface area (Å²) in [4.78, 5) is 13.6. The number of ether oxygens (including phenoxy) is 1. The molecule has 1 N–H and O–H groups in total. The van der Waals surface area contributed by atoms with Crippen LogP contribution in [0.25, 0.3) is 0 Å². The number of methoxy groups -OCH3 is 1. The third-order valence-electron chi connectivity index (χ3n) is 4.21. The van der Waals surface area contributed by atoms with Gasteiger partial charge in [0.25, 0.3) is 15.9 Å². The number of anilines is 1. The molecule has 0 radical (unpaired) electrons. The summed E-state index contributed by atoms with van der Waals surface area (Å²) in [5, 5.41) is 0. The maximum atomic E-state index is 14.0. The van der Waals surface area contributed by atoms with Gasteiger partial charge in [-0.3, -0.25) is 9.52 Å². The second-order valence-corrected chi connectivity index (χ2v) is 7.63. The third-order valence-corrected chi connectivity index (χ3v) is 5.62. The number of hydrogen-bond acceptors (Lipinski definition) is 4. The van der Waals surface area contributed by atoms with Crippen molar-refractivity contribution in [1.29, 1.82) is 0 Å². The van der Waals surface area contributed by atoms with Gasteiger partial charge < -0.3 is 9.64 Å². The van der Waals surface area contributed by atoms with Crippen LogP contribution in [0.4, 0.5) is 10.1 Å². The van der Waals surface area contributed by atoms with E-state index in [1.54, 1.807) is 17.0 Å². The fourth-order valence-corrected chi connectivity index (χ4v) is 3.94. The summed E-state index contributed by atoms with van der Waals surface area (Å²) in [6.07, 6.45) is 1.99. The molecular formula is C18H19FN2O4S. The lowest BCUT2D eigenvalue weighted by molar-refractivity contribution is 0.0793. The molecule has 1 fully saturated rings. The molecule has 0 saturated carbocycles. The summed E-state index contributed by atoms with van der Waals surface area (Å²) < 4.78 is 46.0. The van der Waals surface area contributed by atoms with Crippen LogP contribution in [-0.4, -0.2) is 39.4 Å². The van der Waals surface area contributed by atoms with Gasteiger partial charge in [0.05, 0.1) is 7.11 Å². The summed E-state index contributed by atoms with van der Waals surface area (Å²) in [7, 11) is -2.73. The van der Waals surface area contributed by atoms with Crippen LogP contribution < -0.4 is 9.46 Å². The van der Waals surface area contributed by atoms with E-state index in [4.69, 9.17) is 4.74 Å². The van der Waals surface area contributed by atoms with Crippen molar-refractivity contribution < 1.29 is 22.3 Å². The van der Waals surface area contributed by atoms with Crippen LogP contribution in [0.2, 0.25) is 0 Å². The predicted molar refractivity (Wildman–Crippen MR) is 95.3 cm³/mol. The SMILES string of the molecule is COc1ccc(S(=O)(=O)Nc2ccc(C(=O)N3CCCC3)cc2)c(F)c1. The lowest BCUT2D eigenvalue weighted by Gasteiger charge is -2.15. The highest BCUT2D eigenvalue weighted by Crippen LogP contribution is 2.23. The van der Waals surface area contributed by atoms with Gasteiger partial charge in [0.15, 0.2) is 0 Å². The quantitative estimate of drug-likeness (QED) is 0.868. The van der Waals surface area contributed by atoms with E-state index in [-0.39, 0.29) is 17.3 Å². The number of nitrogens with zero attached hydrogens (tertiary/aromatic N) is 1. The Balaban J connectivity index is 1.76. The Bertz CT molecular complexity index is 907. The second-order valence-electron chi connectivity index (χ2n) is 5.98. The number of amides is 1. The molecule has 26 heavy (non-hydrogen) atoms. The Morgan fingerprint density at radius 3 is 2.35 bits per heavy atom. The molecule has 138 valence electrons. The van der Waals surface area contributed by atoms with Crippen LogP contribution in [0.5, 0.6) is 5.75 Å². The summed E-state index contributed by atoms with van der Waals surface area (Å²) in [6, 6.07) is 9.61. The zero-order chi connectivity index (χ0) is 18.7. The zero-order valence-corrected chi connectivity index (χ0v) is 15.1. The van der Waals surface area contributed by atoms with Gasteiger partial charge in [-0.05, 0) is 49.2 Å². The lowest BCUT2D eigenvalue weighted by atomic mass is 10.2. The van der Waals surface area contributed by atoms with Gasteiger partial charge in [-0.25, -0.2) is 12.8 Å². The van der Waals surface area contributed by atoms with E-state index < -0.39 is 20.7 Å². The standard InChI is InChI=1S/C18H19FN2O4S/c1-25-15-8-9-17(16(19)12-15)26(23,24)20-14-6-4-13(5-7-14)18(22)21-10-2-3-11-21/h4-9,12,20H,2-3,10-11H2,1H3. The van der Waals surface area contributed by atoms with E-state index >= 15 is 0 Å². The van der Waals surface area contributed by atoms with Crippen molar-refractivity contribution in [3.63, 3.8) is 0 Å². The molecule has 0 bridgehead atoms. The van der Waals surface area contributed by atoms with Gasteiger partial charge in [0.1, 0.15) is 16.5 Å². The summed E-state index contributed by atoms with van der Waals surface area (Å²) in [6.45, 7) is 1.48. The largest absolute Gasteiger partial charge is 0.497 e. The fourth-order valence-electron chi connectivity index (χ4n) is 2.82. The van der Waals surface area contributed by atoms with E-state index in [0.717, 1.165) is 38.1 Å².